The highest BCUT2D eigenvalue weighted by molar-refractivity contribution is 5.89. The number of hydrogen-bond acceptors (Lipinski definition) is 2. The molecular formula is C17H22N4O. The van der Waals surface area contributed by atoms with E-state index < -0.39 is 0 Å². The van der Waals surface area contributed by atoms with Crippen LogP contribution in [-0.2, 0) is 6.42 Å². The number of amides is 2. The van der Waals surface area contributed by atoms with Gasteiger partial charge in [-0.15, -0.1) is 0 Å². The van der Waals surface area contributed by atoms with E-state index in [1.165, 1.54) is 5.69 Å². The molecule has 0 bridgehead atoms. The molecule has 0 spiro atoms. The number of aryl methyl sites for hydroxylation is 2. The molecule has 0 radical (unpaired) electrons. The molecule has 1 aliphatic rings. The van der Waals surface area contributed by atoms with Crippen molar-refractivity contribution < 1.29 is 4.79 Å². The quantitative estimate of drug-likeness (QED) is 0.910. The fourth-order valence-electron chi connectivity index (χ4n) is 2.96. The Morgan fingerprint density at radius 1 is 1.50 bits per heavy atom. The third-order valence-corrected chi connectivity index (χ3v) is 4.22. The Morgan fingerprint density at radius 3 is 3.18 bits per heavy atom. The second-order valence-corrected chi connectivity index (χ2v) is 6.02. The average Bonchev–Trinajstić information content (AvgIpc) is 3.17. The maximum Gasteiger partial charge on any atom is 0.321 e. The van der Waals surface area contributed by atoms with Gasteiger partial charge in [-0.1, -0.05) is 12.1 Å². The lowest BCUT2D eigenvalue weighted by atomic mass is 10.0. The second kappa shape index (κ2) is 6.64. The van der Waals surface area contributed by atoms with Crippen LogP contribution in [0.5, 0.6) is 0 Å². The minimum absolute atomic E-state index is 0.00893. The highest BCUT2D eigenvalue weighted by Gasteiger charge is 2.26. The van der Waals surface area contributed by atoms with E-state index in [-0.39, 0.29) is 6.03 Å². The first-order valence-electron chi connectivity index (χ1n) is 7.80. The molecule has 2 N–H and O–H groups in total. The van der Waals surface area contributed by atoms with E-state index >= 15 is 0 Å². The standard InChI is InChI=1S/C17H22N4O/c1-13-3-2-4-15(9-13)20-17(22)21-8-7-14(11-21)5-6-16-10-18-12-19-16/h2-4,9-10,12,14H,5-8,11H2,1H3,(H,18,19)(H,20,22). The maximum atomic E-state index is 12.3. The number of hydrogen-bond donors (Lipinski definition) is 2. The summed E-state index contributed by atoms with van der Waals surface area (Å²) in [4.78, 5) is 21.4. The van der Waals surface area contributed by atoms with Gasteiger partial charge in [-0.2, -0.15) is 0 Å². The predicted octanol–water partition coefficient (Wildman–Crippen LogP) is 3.20. The van der Waals surface area contributed by atoms with Gasteiger partial charge in [-0.05, 0) is 49.8 Å². The van der Waals surface area contributed by atoms with Crippen LogP contribution in [0.4, 0.5) is 10.5 Å². The molecule has 1 saturated heterocycles. The molecule has 1 aromatic heterocycles. The van der Waals surface area contributed by atoms with Crippen LogP contribution in [0.15, 0.2) is 36.8 Å². The Balaban J connectivity index is 1.48. The molecule has 5 nitrogen and oxygen atoms in total. The van der Waals surface area contributed by atoms with E-state index in [2.05, 4.69) is 15.3 Å². The molecule has 116 valence electrons. The molecule has 5 heteroatoms. The van der Waals surface area contributed by atoms with Crippen molar-refractivity contribution in [1.29, 1.82) is 0 Å². The molecule has 1 fully saturated rings. The number of H-pyrrole nitrogens is 1. The van der Waals surface area contributed by atoms with Crippen LogP contribution >= 0.6 is 0 Å². The van der Waals surface area contributed by atoms with Crippen LogP contribution in [0.3, 0.4) is 0 Å². The first kappa shape index (κ1) is 14.6. The fourth-order valence-corrected chi connectivity index (χ4v) is 2.96. The third kappa shape index (κ3) is 3.67. The van der Waals surface area contributed by atoms with Gasteiger partial charge in [0.05, 0.1) is 6.33 Å². The summed E-state index contributed by atoms with van der Waals surface area (Å²) in [5.41, 5.74) is 3.19. The SMILES string of the molecule is Cc1cccc(NC(=O)N2CCC(CCc3cnc[nH]3)C2)c1. The van der Waals surface area contributed by atoms with Crippen molar-refractivity contribution in [1.82, 2.24) is 14.9 Å². The van der Waals surface area contributed by atoms with E-state index in [0.29, 0.717) is 5.92 Å². The normalized spacial score (nSPS) is 17.7. The number of benzene rings is 1. The summed E-state index contributed by atoms with van der Waals surface area (Å²) in [6.45, 7) is 3.70. The van der Waals surface area contributed by atoms with Crippen molar-refractivity contribution in [3.8, 4) is 0 Å². The van der Waals surface area contributed by atoms with E-state index in [9.17, 15) is 4.79 Å². The summed E-state index contributed by atoms with van der Waals surface area (Å²) in [5, 5.41) is 2.99. The Morgan fingerprint density at radius 2 is 2.41 bits per heavy atom. The number of aromatic nitrogens is 2. The molecule has 22 heavy (non-hydrogen) atoms. The molecule has 1 aromatic carbocycles. The summed E-state index contributed by atoms with van der Waals surface area (Å²) < 4.78 is 0. The lowest BCUT2D eigenvalue weighted by Crippen LogP contribution is -2.33. The van der Waals surface area contributed by atoms with Crippen LogP contribution in [0.25, 0.3) is 0 Å². The molecule has 2 aromatic rings. The molecular weight excluding hydrogens is 276 g/mol. The summed E-state index contributed by atoms with van der Waals surface area (Å²) >= 11 is 0. The molecule has 1 aliphatic heterocycles. The van der Waals surface area contributed by atoms with Crippen LogP contribution in [0, 0.1) is 12.8 Å². The monoisotopic (exact) mass is 298 g/mol. The predicted molar refractivity (Wildman–Crippen MR) is 86.8 cm³/mol. The minimum atomic E-state index is 0.00893. The van der Waals surface area contributed by atoms with Crippen LogP contribution < -0.4 is 5.32 Å². The van der Waals surface area contributed by atoms with Crippen molar-refractivity contribution in [2.45, 2.75) is 26.2 Å². The first-order chi connectivity index (χ1) is 10.7. The Bertz CT molecular complexity index is 623. The largest absolute Gasteiger partial charge is 0.348 e. The van der Waals surface area contributed by atoms with Gasteiger partial charge < -0.3 is 15.2 Å². The maximum absolute atomic E-state index is 12.3. The highest BCUT2D eigenvalue weighted by atomic mass is 16.2. The number of rotatable bonds is 4. The Hall–Kier alpha value is -2.30. The summed E-state index contributed by atoms with van der Waals surface area (Å²) in [6, 6.07) is 7.91. The minimum Gasteiger partial charge on any atom is -0.348 e. The Labute approximate surface area is 130 Å². The van der Waals surface area contributed by atoms with Crippen molar-refractivity contribution in [3.05, 3.63) is 48.0 Å². The fraction of sp³-hybridized carbons (Fsp3) is 0.412. The smallest absolute Gasteiger partial charge is 0.321 e. The lowest BCUT2D eigenvalue weighted by molar-refractivity contribution is 0.220. The van der Waals surface area contributed by atoms with Gasteiger partial charge in [0.1, 0.15) is 0 Å². The molecule has 2 amide bonds. The number of carbonyl (C=O) groups is 1. The first-order valence-corrected chi connectivity index (χ1v) is 7.80. The molecule has 0 aliphatic carbocycles. The number of carbonyl (C=O) groups excluding carboxylic acids is 1. The number of anilines is 1. The Kier molecular flexibility index (Phi) is 4.42. The zero-order valence-electron chi connectivity index (χ0n) is 12.9. The number of aromatic amines is 1. The molecule has 3 rings (SSSR count). The van der Waals surface area contributed by atoms with Crippen molar-refractivity contribution in [2.75, 3.05) is 18.4 Å². The summed E-state index contributed by atoms with van der Waals surface area (Å²) in [7, 11) is 0. The zero-order chi connectivity index (χ0) is 15.4. The number of likely N-dealkylation sites (tertiary alicyclic amines) is 1. The number of imidazole rings is 1. The van der Waals surface area contributed by atoms with Crippen molar-refractivity contribution in [2.24, 2.45) is 5.92 Å². The number of nitrogens with zero attached hydrogens (tertiary/aromatic N) is 2. The highest BCUT2D eigenvalue weighted by Crippen LogP contribution is 2.22. The molecule has 1 unspecified atom stereocenters. The molecule has 1 atom stereocenters. The van der Waals surface area contributed by atoms with Gasteiger partial charge in [0.25, 0.3) is 0 Å². The second-order valence-electron chi connectivity index (χ2n) is 6.02. The van der Waals surface area contributed by atoms with Crippen LogP contribution in [0.1, 0.15) is 24.1 Å². The van der Waals surface area contributed by atoms with Gasteiger partial charge in [0, 0.05) is 30.7 Å². The zero-order valence-corrected chi connectivity index (χ0v) is 12.9. The van der Waals surface area contributed by atoms with Crippen molar-refractivity contribution in [3.63, 3.8) is 0 Å². The van der Waals surface area contributed by atoms with E-state index in [1.54, 1.807) is 6.33 Å². The molecule has 0 saturated carbocycles. The van der Waals surface area contributed by atoms with Crippen LogP contribution in [-0.4, -0.2) is 34.0 Å². The number of nitrogens with one attached hydrogen (secondary N) is 2. The number of urea groups is 1. The van der Waals surface area contributed by atoms with Gasteiger partial charge in [0.15, 0.2) is 0 Å². The van der Waals surface area contributed by atoms with Gasteiger partial charge in [0.2, 0.25) is 0 Å². The summed E-state index contributed by atoms with van der Waals surface area (Å²) in [5.74, 6) is 0.576. The third-order valence-electron chi connectivity index (χ3n) is 4.22. The van der Waals surface area contributed by atoms with E-state index in [4.69, 9.17) is 0 Å². The van der Waals surface area contributed by atoms with E-state index in [1.807, 2.05) is 42.3 Å². The van der Waals surface area contributed by atoms with E-state index in [0.717, 1.165) is 43.6 Å². The topological polar surface area (TPSA) is 61.0 Å². The van der Waals surface area contributed by atoms with Crippen molar-refractivity contribution >= 4 is 11.7 Å². The van der Waals surface area contributed by atoms with Gasteiger partial charge >= 0.3 is 6.03 Å². The van der Waals surface area contributed by atoms with Gasteiger partial charge in [-0.3, -0.25) is 0 Å². The average molecular weight is 298 g/mol. The molecule has 2 heterocycles. The van der Waals surface area contributed by atoms with Crippen LogP contribution in [0.2, 0.25) is 0 Å². The summed E-state index contributed by atoms with van der Waals surface area (Å²) in [6.07, 6.45) is 6.76. The van der Waals surface area contributed by atoms with Gasteiger partial charge in [-0.25, -0.2) is 9.78 Å². The lowest BCUT2D eigenvalue weighted by Gasteiger charge is -2.17.